The fourth-order valence-electron chi connectivity index (χ4n) is 1.48. The fraction of sp³-hybridized carbons (Fsp3) is 0.385. The lowest BCUT2D eigenvalue weighted by Crippen LogP contribution is -2.40. The van der Waals surface area contributed by atoms with Gasteiger partial charge >= 0.3 is 0 Å². The standard InChI is InChI=1S/C13H18BrN3O2S/c1-9(8-18-2)16-13(20)17-15-7-10-4-5-12(19-3)11(14)6-10/h4-7,9H,8H2,1-3H3,(H2,16,17,20)/b15-7-/t9-/m0/s1. The zero-order valence-electron chi connectivity index (χ0n) is 11.6. The van der Waals surface area contributed by atoms with Crippen LogP contribution in [0.25, 0.3) is 0 Å². The average molecular weight is 360 g/mol. The van der Waals surface area contributed by atoms with Crippen LogP contribution in [0.3, 0.4) is 0 Å². The summed E-state index contributed by atoms with van der Waals surface area (Å²) >= 11 is 8.52. The molecule has 110 valence electrons. The van der Waals surface area contributed by atoms with Crippen molar-refractivity contribution < 1.29 is 9.47 Å². The summed E-state index contributed by atoms with van der Waals surface area (Å²) in [6.07, 6.45) is 1.68. The summed E-state index contributed by atoms with van der Waals surface area (Å²) in [5.41, 5.74) is 3.68. The highest BCUT2D eigenvalue weighted by molar-refractivity contribution is 9.10. The van der Waals surface area contributed by atoms with Crippen LogP contribution >= 0.6 is 28.1 Å². The first-order chi connectivity index (χ1) is 9.56. The molecule has 20 heavy (non-hydrogen) atoms. The van der Waals surface area contributed by atoms with Crippen LogP contribution in [-0.2, 0) is 4.74 Å². The van der Waals surface area contributed by atoms with E-state index in [0.717, 1.165) is 15.8 Å². The quantitative estimate of drug-likeness (QED) is 0.463. The molecule has 0 saturated heterocycles. The Hall–Kier alpha value is -1.18. The van der Waals surface area contributed by atoms with Gasteiger partial charge in [0.15, 0.2) is 5.11 Å². The SMILES string of the molecule is COC[C@H](C)NC(=S)N/N=C\c1ccc(OC)c(Br)c1. The van der Waals surface area contributed by atoms with Gasteiger partial charge in [0.05, 0.1) is 24.4 Å². The van der Waals surface area contributed by atoms with Crippen LogP contribution in [0.4, 0.5) is 0 Å². The lowest BCUT2D eigenvalue weighted by molar-refractivity contribution is 0.179. The Labute approximate surface area is 132 Å². The minimum Gasteiger partial charge on any atom is -0.496 e. The third-order valence-corrected chi connectivity index (χ3v) is 3.18. The predicted molar refractivity (Wildman–Crippen MR) is 88.5 cm³/mol. The molecule has 0 bridgehead atoms. The van der Waals surface area contributed by atoms with Gasteiger partial charge in [-0.05, 0) is 58.8 Å². The Kier molecular flexibility index (Phi) is 7.50. The van der Waals surface area contributed by atoms with Crippen molar-refractivity contribution in [1.82, 2.24) is 10.7 Å². The van der Waals surface area contributed by atoms with E-state index in [2.05, 4.69) is 31.8 Å². The van der Waals surface area contributed by atoms with E-state index in [1.54, 1.807) is 20.4 Å². The Balaban J connectivity index is 2.48. The van der Waals surface area contributed by atoms with E-state index in [4.69, 9.17) is 21.7 Å². The monoisotopic (exact) mass is 359 g/mol. The largest absolute Gasteiger partial charge is 0.496 e. The van der Waals surface area contributed by atoms with Gasteiger partial charge in [0.25, 0.3) is 0 Å². The van der Waals surface area contributed by atoms with Crippen molar-refractivity contribution in [3.05, 3.63) is 28.2 Å². The maximum atomic E-state index is 5.16. The molecule has 0 aliphatic heterocycles. The Morgan fingerprint density at radius 2 is 2.25 bits per heavy atom. The van der Waals surface area contributed by atoms with Gasteiger partial charge in [-0.1, -0.05) is 0 Å². The molecule has 0 heterocycles. The van der Waals surface area contributed by atoms with Gasteiger partial charge in [0, 0.05) is 13.2 Å². The van der Waals surface area contributed by atoms with Crippen molar-refractivity contribution >= 4 is 39.5 Å². The van der Waals surface area contributed by atoms with Crippen molar-refractivity contribution in [2.45, 2.75) is 13.0 Å². The highest BCUT2D eigenvalue weighted by Gasteiger charge is 2.02. The van der Waals surface area contributed by atoms with Gasteiger partial charge in [-0.2, -0.15) is 5.10 Å². The van der Waals surface area contributed by atoms with Gasteiger partial charge in [-0.3, -0.25) is 5.43 Å². The van der Waals surface area contributed by atoms with Gasteiger partial charge in [0.1, 0.15) is 5.75 Å². The molecular formula is C13H18BrN3O2S. The molecule has 1 aromatic carbocycles. The molecule has 0 amide bonds. The first-order valence-corrected chi connectivity index (χ1v) is 7.19. The van der Waals surface area contributed by atoms with Crippen molar-refractivity contribution in [3.8, 4) is 5.75 Å². The van der Waals surface area contributed by atoms with Crippen LogP contribution in [-0.4, -0.2) is 38.2 Å². The number of halogens is 1. The third-order valence-electron chi connectivity index (χ3n) is 2.35. The first kappa shape index (κ1) is 16.9. The summed E-state index contributed by atoms with van der Waals surface area (Å²) in [7, 11) is 3.27. The molecule has 0 aliphatic carbocycles. The number of thiocarbonyl (C=S) groups is 1. The van der Waals surface area contributed by atoms with Crippen molar-refractivity contribution in [2.24, 2.45) is 5.10 Å². The number of rotatable bonds is 6. The second kappa shape index (κ2) is 8.89. The van der Waals surface area contributed by atoms with Gasteiger partial charge in [-0.15, -0.1) is 0 Å². The zero-order chi connectivity index (χ0) is 15.0. The van der Waals surface area contributed by atoms with Gasteiger partial charge in [0.2, 0.25) is 0 Å². The number of nitrogens with zero attached hydrogens (tertiary/aromatic N) is 1. The first-order valence-electron chi connectivity index (χ1n) is 5.99. The molecule has 0 saturated carbocycles. The van der Waals surface area contributed by atoms with E-state index >= 15 is 0 Å². The van der Waals surface area contributed by atoms with Crippen LogP contribution in [0.5, 0.6) is 5.75 Å². The van der Waals surface area contributed by atoms with Crippen LogP contribution < -0.4 is 15.5 Å². The Bertz CT molecular complexity index is 483. The summed E-state index contributed by atoms with van der Waals surface area (Å²) in [4.78, 5) is 0. The summed E-state index contributed by atoms with van der Waals surface area (Å²) in [5.74, 6) is 0.778. The Morgan fingerprint density at radius 3 is 2.85 bits per heavy atom. The van der Waals surface area contributed by atoms with Crippen molar-refractivity contribution in [3.63, 3.8) is 0 Å². The van der Waals surface area contributed by atoms with Gasteiger partial charge in [-0.25, -0.2) is 0 Å². The van der Waals surface area contributed by atoms with E-state index < -0.39 is 0 Å². The molecule has 5 nitrogen and oxygen atoms in total. The summed E-state index contributed by atoms with van der Waals surface area (Å²) < 4.78 is 11.0. The predicted octanol–water partition coefficient (Wildman–Crippen LogP) is 2.29. The van der Waals surface area contributed by atoms with E-state index in [9.17, 15) is 0 Å². The van der Waals surface area contributed by atoms with Gasteiger partial charge < -0.3 is 14.8 Å². The van der Waals surface area contributed by atoms with Crippen LogP contribution in [0.15, 0.2) is 27.8 Å². The normalized spacial score (nSPS) is 12.2. The molecule has 0 unspecified atom stereocenters. The number of benzene rings is 1. The number of hydrogen-bond donors (Lipinski definition) is 2. The number of methoxy groups -OCH3 is 2. The molecule has 0 fully saturated rings. The lowest BCUT2D eigenvalue weighted by Gasteiger charge is -2.13. The van der Waals surface area contributed by atoms with Crippen LogP contribution in [0.1, 0.15) is 12.5 Å². The van der Waals surface area contributed by atoms with Crippen molar-refractivity contribution in [2.75, 3.05) is 20.8 Å². The lowest BCUT2D eigenvalue weighted by atomic mass is 10.2. The molecule has 0 aliphatic rings. The highest BCUT2D eigenvalue weighted by atomic mass is 79.9. The molecule has 0 aromatic heterocycles. The Morgan fingerprint density at radius 1 is 1.50 bits per heavy atom. The zero-order valence-corrected chi connectivity index (χ0v) is 14.0. The van der Waals surface area contributed by atoms with Crippen LogP contribution in [0, 0.1) is 0 Å². The van der Waals surface area contributed by atoms with E-state index in [1.165, 1.54) is 0 Å². The molecule has 1 aromatic rings. The highest BCUT2D eigenvalue weighted by Crippen LogP contribution is 2.24. The number of ether oxygens (including phenoxy) is 2. The number of hydrazone groups is 1. The van der Waals surface area contributed by atoms with E-state index in [-0.39, 0.29) is 6.04 Å². The van der Waals surface area contributed by atoms with Crippen molar-refractivity contribution in [1.29, 1.82) is 0 Å². The molecular weight excluding hydrogens is 342 g/mol. The maximum absolute atomic E-state index is 5.16. The molecule has 1 atom stereocenters. The minimum absolute atomic E-state index is 0.130. The maximum Gasteiger partial charge on any atom is 0.187 e. The summed E-state index contributed by atoms with van der Waals surface area (Å²) in [6.45, 7) is 2.55. The second-order valence-electron chi connectivity index (χ2n) is 4.09. The van der Waals surface area contributed by atoms with E-state index in [1.807, 2.05) is 25.1 Å². The minimum atomic E-state index is 0.130. The molecule has 0 spiro atoms. The van der Waals surface area contributed by atoms with E-state index in [0.29, 0.717) is 11.7 Å². The molecule has 1 rings (SSSR count). The molecule has 2 N–H and O–H groups in total. The molecule has 7 heteroatoms. The molecule has 0 radical (unpaired) electrons. The fourth-order valence-corrected chi connectivity index (χ4v) is 2.29. The smallest absolute Gasteiger partial charge is 0.187 e. The van der Waals surface area contributed by atoms with Crippen LogP contribution in [0.2, 0.25) is 0 Å². The average Bonchev–Trinajstić information content (AvgIpc) is 2.39. The summed E-state index contributed by atoms with van der Waals surface area (Å²) in [5, 5.41) is 7.58. The topological polar surface area (TPSA) is 54.9 Å². The second-order valence-corrected chi connectivity index (χ2v) is 5.36. The summed E-state index contributed by atoms with van der Waals surface area (Å²) in [6, 6.07) is 5.81. The number of hydrogen-bond acceptors (Lipinski definition) is 4. The number of nitrogens with one attached hydrogen (secondary N) is 2. The third kappa shape index (κ3) is 5.85.